The molecule has 1 atom stereocenters. The van der Waals surface area contributed by atoms with Crippen LogP contribution in [-0.4, -0.2) is 54.0 Å². The van der Waals surface area contributed by atoms with Crippen molar-refractivity contribution in [2.24, 2.45) is 0 Å². The average molecular weight is 311 g/mol. The lowest BCUT2D eigenvalue weighted by atomic mass is 9.95. The fourth-order valence-electron chi connectivity index (χ4n) is 2.71. The molecular weight excluding hydrogens is 286 g/mol. The maximum absolute atomic E-state index is 12.4. The molecule has 0 N–H and O–H groups in total. The number of ketones is 1. The molecule has 2 aliphatic rings. The Bertz CT molecular complexity index is 460. The van der Waals surface area contributed by atoms with Crippen LogP contribution in [0, 0.1) is 0 Å². The Morgan fingerprint density at radius 3 is 2.45 bits per heavy atom. The van der Waals surface area contributed by atoms with Crippen LogP contribution < -0.4 is 0 Å². The molecule has 2 aliphatic heterocycles. The zero-order valence-corrected chi connectivity index (χ0v) is 13.8. The second-order valence-corrected chi connectivity index (χ2v) is 6.77. The first kappa shape index (κ1) is 17.0. The van der Waals surface area contributed by atoms with Crippen molar-refractivity contribution in [1.29, 1.82) is 0 Å². The Labute approximate surface area is 131 Å². The highest BCUT2D eigenvalue weighted by atomic mass is 16.7. The van der Waals surface area contributed by atoms with Crippen molar-refractivity contribution >= 4 is 11.9 Å². The van der Waals surface area contributed by atoms with Gasteiger partial charge < -0.3 is 19.1 Å². The second kappa shape index (κ2) is 6.38. The summed E-state index contributed by atoms with van der Waals surface area (Å²) in [4.78, 5) is 25.2. The van der Waals surface area contributed by atoms with Crippen molar-refractivity contribution < 1.29 is 23.8 Å². The lowest BCUT2D eigenvalue weighted by Gasteiger charge is -2.42. The van der Waals surface area contributed by atoms with Gasteiger partial charge in [-0.1, -0.05) is 6.08 Å². The normalized spacial score (nSPS) is 24.9. The Hall–Kier alpha value is -1.40. The van der Waals surface area contributed by atoms with Gasteiger partial charge in [-0.2, -0.15) is 0 Å². The van der Waals surface area contributed by atoms with Gasteiger partial charge in [0.05, 0.1) is 19.3 Å². The molecule has 1 amide bonds. The van der Waals surface area contributed by atoms with Crippen molar-refractivity contribution in [3.8, 4) is 0 Å². The Kier molecular flexibility index (Phi) is 4.92. The third-order valence-electron chi connectivity index (χ3n) is 3.65. The Balaban J connectivity index is 2.13. The van der Waals surface area contributed by atoms with Crippen LogP contribution in [0.4, 0.5) is 4.79 Å². The molecule has 0 saturated carbocycles. The van der Waals surface area contributed by atoms with Gasteiger partial charge in [-0.25, -0.2) is 4.79 Å². The molecule has 6 nitrogen and oxygen atoms in total. The van der Waals surface area contributed by atoms with E-state index in [2.05, 4.69) is 0 Å². The first-order chi connectivity index (χ1) is 10.2. The van der Waals surface area contributed by atoms with Crippen LogP contribution >= 0.6 is 0 Å². The molecule has 1 unspecified atom stereocenters. The van der Waals surface area contributed by atoms with Crippen molar-refractivity contribution in [1.82, 2.24) is 4.90 Å². The van der Waals surface area contributed by atoms with Crippen molar-refractivity contribution in [2.45, 2.75) is 58.0 Å². The van der Waals surface area contributed by atoms with E-state index in [1.54, 1.807) is 11.0 Å². The van der Waals surface area contributed by atoms with E-state index >= 15 is 0 Å². The highest BCUT2D eigenvalue weighted by Crippen LogP contribution is 2.35. The van der Waals surface area contributed by atoms with E-state index in [1.165, 1.54) is 13.0 Å². The fraction of sp³-hybridized carbons (Fsp3) is 0.750. The summed E-state index contributed by atoms with van der Waals surface area (Å²) < 4.78 is 16.9. The number of nitrogens with zero attached hydrogens (tertiary/aromatic N) is 1. The number of ether oxygens (including phenoxy) is 3. The summed E-state index contributed by atoms with van der Waals surface area (Å²) in [5.74, 6) is -0.693. The first-order valence-electron chi connectivity index (χ1n) is 7.67. The number of amides is 1. The van der Waals surface area contributed by atoms with Gasteiger partial charge in [-0.3, -0.25) is 4.79 Å². The molecule has 124 valence electrons. The zero-order chi connectivity index (χ0) is 16.4. The third-order valence-corrected chi connectivity index (χ3v) is 3.65. The van der Waals surface area contributed by atoms with Crippen LogP contribution in [0.1, 0.15) is 40.5 Å². The number of piperidine rings is 1. The smallest absolute Gasteiger partial charge is 0.410 e. The van der Waals surface area contributed by atoms with Gasteiger partial charge >= 0.3 is 6.09 Å². The molecule has 0 aromatic rings. The largest absolute Gasteiger partial charge is 0.444 e. The van der Waals surface area contributed by atoms with Crippen molar-refractivity contribution in [2.75, 3.05) is 19.8 Å². The standard InChI is InChI=1S/C16H25NO5/c1-12(18)5-6-13-11-16(20-9-10-21-16)7-8-17(13)14(19)22-15(2,3)4/h5-6,13H,7-11H2,1-4H3/b6-5+. The lowest BCUT2D eigenvalue weighted by Crippen LogP contribution is -2.53. The second-order valence-electron chi connectivity index (χ2n) is 6.77. The van der Waals surface area contributed by atoms with Crippen LogP contribution in [0.5, 0.6) is 0 Å². The summed E-state index contributed by atoms with van der Waals surface area (Å²) in [5, 5.41) is 0. The van der Waals surface area contributed by atoms with Crippen molar-refractivity contribution in [3.05, 3.63) is 12.2 Å². The summed E-state index contributed by atoms with van der Waals surface area (Å²) in [5.41, 5.74) is -0.554. The van der Waals surface area contributed by atoms with E-state index in [-0.39, 0.29) is 17.9 Å². The molecule has 0 aromatic carbocycles. The molecule has 1 spiro atoms. The summed E-state index contributed by atoms with van der Waals surface area (Å²) in [6.07, 6.45) is 3.96. The van der Waals surface area contributed by atoms with Crippen LogP contribution in [0.15, 0.2) is 12.2 Å². The number of carbonyl (C=O) groups excluding carboxylic acids is 2. The van der Waals surface area contributed by atoms with E-state index in [1.807, 2.05) is 20.8 Å². The number of rotatable bonds is 2. The molecule has 0 aliphatic carbocycles. The van der Waals surface area contributed by atoms with Crippen LogP contribution in [0.3, 0.4) is 0 Å². The van der Waals surface area contributed by atoms with E-state index in [0.29, 0.717) is 32.6 Å². The number of likely N-dealkylation sites (tertiary alicyclic amines) is 1. The highest BCUT2D eigenvalue weighted by molar-refractivity contribution is 5.87. The summed E-state index contributed by atoms with van der Waals surface area (Å²) in [6.45, 7) is 8.59. The van der Waals surface area contributed by atoms with E-state index in [4.69, 9.17) is 14.2 Å². The molecule has 0 radical (unpaired) electrons. The van der Waals surface area contributed by atoms with Crippen LogP contribution in [0.25, 0.3) is 0 Å². The molecule has 2 fully saturated rings. The first-order valence-corrected chi connectivity index (χ1v) is 7.67. The molecule has 6 heteroatoms. The van der Waals surface area contributed by atoms with Gasteiger partial charge in [-0.15, -0.1) is 0 Å². The van der Waals surface area contributed by atoms with Gasteiger partial charge in [0.15, 0.2) is 11.6 Å². The van der Waals surface area contributed by atoms with Crippen LogP contribution in [-0.2, 0) is 19.0 Å². The van der Waals surface area contributed by atoms with Gasteiger partial charge in [0.2, 0.25) is 0 Å². The number of hydrogen-bond acceptors (Lipinski definition) is 5. The molecule has 2 heterocycles. The maximum atomic E-state index is 12.4. The SMILES string of the molecule is CC(=O)/C=C/C1CC2(CCN1C(=O)OC(C)(C)C)OCCO2. The average Bonchev–Trinajstić information content (AvgIpc) is 2.82. The topological polar surface area (TPSA) is 65.1 Å². The van der Waals surface area contributed by atoms with E-state index in [9.17, 15) is 9.59 Å². The lowest BCUT2D eigenvalue weighted by molar-refractivity contribution is -0.190. The predicted octanol–water partition coefficient (Wildman–Crippen LogP) is 2.27. The number of hydrogen-bond donors (Lipinski definition) is 0. The maximum Gasteiger partial charge on any atom is 0.410 e. The molecule has 22 heavy (non-hydrogen) atoms. The minimum atomic E-state index is -0.635. The molecule has 2 saturated heterocycles. The molecule has 0 aromatic heterocycles. The summed E-state index contributed by atoms with van der Waals surface area (Å²) in [6, 6.07) is -0.273. The quantitative estimate of drug-likeness (QED) is 0.732. The number of allylic oxidation sites excluding steroid dienone is 1. The van der Waals surface area contributed by atoms with E-state index < -0.39 is 11.4 Å². The minimum absolute atomic E-state index is 0.0583. The molecule has 0 bridgehead atoms. The third kappa shape index (κ3) is 4.30. The Morgan fingerprint density at radius 1 is 1.27 bits per heavy atom. The van der Waals surface area contributed by atoms with E-state index in [0.717, 1.165) is 0 Å². The molecule has 2 rings (SSSR count). The highest BCUT2D eigenvalue weighted by Gasteiger charge is 2.45. The minimum Gasteiger partial charge on any atom is -0.444 e. The van der Waals surface area contributed by atoms with Crippen molar-refractivity contribution in [3.63, 3.8) is 0 Å². The summed E-state index contributed by atoms with van der Waals surface area (Å²) in [7, 11) is 0. The van der Waals surface area contributed by atoms with Gasteiger partial charge in [0, 0.05) is 19.4 Å². The number of carbonyl (C=O) groups is 2. The van der Waals surface area contributed by atoms with Gasteiger partial charge in [0.1, 0.15) is 5.60 Å². The van der Waals surface area contributed by atoms with Crippen LogP contribution in [0.2, 0.25) is 0 Å². The van der Waals surface area contributed by atoms with Gasteiger partial charge in [-0.05, 0) is 33.8 Å². The van der Waals surface area contributed by atoms with Gasteiger partial charge in [0.25, 0.3) is 0 Å². The summed E-state index contributed by atoms with van der Waals surface area (Å²) >= 11 is 0. The zero-order valence-electron chi connectivity index (χ0n) is 13.8. The monoisotopic (exact) mass is 311 g/mol. The predicted molar refractivity (Wildman–Crippen MR) is 80.4 cm³/mol. The molecular formula is C16H25NO5. The fourth-order valence-corrected chi connectivity index (χ4v) is 2.71. The Morgan fingerprint density at radius 2 is 1.91 bits per heavy atom.